The molecule has 2 aliphatic rings. The Labute approximate surface area is 200 Å². The Hall–Kier alpha value is -3.35. The van der Waals surface area contributed by atoms with Gasteiger partial charge in [-0.15, -0.1) is 0 Å². The van der Waals surface area contributed by atoms with Crippen LogP contribution in [0.15, 0.2) is 42.5 Å². The molecule has 0 aliphatic carbocycles. The Kier molecular flexibility index (Phi) is 7.20. The molecule has 2 heterocycles. The molecule has 34 heavy (non-hydrogen) atoms. The van der Waals surface area contributed by atoms with E-state index in [0.717, 1.165) is 18.4 Å². The van der Waals surface area contributed by atoms with E-state index in [0.29, 0.717) is 47.7 Å². The summed E-state index contributed by atoms with van der Waals surface area (Å²) < 4.78 is 11.3. The van der Waals surface area contributed by atoms with Crippen LogP contribution in [-0.2, 0) is 9.59 Å². The minimum Gasteiger partial charge on any atom is -0.485 e. The number of benzene rings is 2. The van der Waals surface area contributed by atoms with Gasteiger partial charge in [0.15, 0.2) is 19.0 Å². The van der Waals surface area contributed by atoms with Gasteiger partial charge in [-0.25, -0.2) is 0 Å². The zero-order valence-electron chi connectivity index (χ0n) is 20.1. The van der Waals surface area contributed by atoms with Crippen molar-refractivity contribution < 1.29 is 23.9 Å². The third kappa shape index (κ3) is 5.41. The van der Waals surface area contributed by atoms with Gasteiger partial charge >= 0.3 is 0 Å². The lowest BCUT2D eigenvalue weighted by Gasteiger charge is -2.34. The van der Waals surface area contributed by atoms with Crippen molar-refractivity contribution in [1.29, 1.82) is 0 Å². The van der Waals surface area contributed by atoms with Crippen molar-refractivity contribution in [3.63, 3.8) is 0 Å². The Morgan fingerprint density at radius 1 is 1.12 bits per heavy atom. The molecule has 0 bridgehead atoms. The first-order valence-electron chi connectivity index (χ1n) is 11.9. The number of rotatable bonds is 7. The van der Waals surface area contributed by atoms with Gasteiger partial charge in [-0.05, 0) is 60.6 Å². The molecular formula is C27H32N2O5. The Bertz CT molecular complexity index is 1070. The summed E-state index contributed by atoms with van der Waals surface area (Å²) in [5.74, 6) is 1.50. The number of ketones is 1. The maximum Gasteiger partial charge on any atom is 0.265 e. The molecule has 1 fully saturated rings. The third-order valence-electron chi connectivity index (χ3n) is 6.55. The zero-order valence-corrected chi connectivity index (χ0v) is 20.1. The van der Waals surface area contributed by atoms with E-state index >= 15 is 0 Å². The van der Waals surface area contributed by atoms with Crippen LogP contribution in [0.4, 0.5) is 5.69 Å². The third-order valence-corrected chi connectivity index (χ3v) is 6.55. The van der Waals surface area contributed by atoms with E-state index in [2.05, 4.69) is 20.8 Å². The van der Waals surface area contributed by atoms with Gasteiger partial charge in [0, 0.05) is 18.7 Å². The van der Waals surface area contributed by atoms with Gasteiger partial charge in [-0.2, -0.15) is 0 Å². The summed E-state index contributed by atoms with van der Waals surface area (Å²) in [5, 5.41) is 0. The molecule has 0 aromatic heterocycles. The van der Waals surface area contributed by atoms with Crippen molar-refractivity contribution in [3.05, 3.63) is 53.6 Å². The summed E-state index contributed by atoms with van der Waals surface area (Å²) in [4.78, 5) is 41.6. The first-order chi connectivity index (χ1) is 16.3. The lowest BCUT2D eigenvalue weighted by Crippen LogP contribution is -2.48. The average Bonchev–Trinajstić information content (AvgIpc) is 2.84. The van der Waals surface area contributed by atoms with Crippen molar-refractivity contribution in [2.45, 2.75) is 39.5 Å². The number of ether oxygens (including phenoxy) is 2. The van der Waals surface area contributed by atoms with Crippen LogP contribution < -0.4 is 14.4 Å². The molecule has 7 heteroatoms. The highest BCUT2D eigenvalue weighted by atomic mass is 16.5. The number of hydrogen-bond donors (Lipinski definition) is 0. The van der Waals surface area contributed by atoms with E-state index in [1.807, 2.05) is 29.2 Å². The molecule has 180 valence electrons. The number of hydrogen-bond acceptors (Lipinski definition) is 5. The fraction of sp³-hybridized carbons (Fsp3) is 0.444. The van der Waals surface area contributed by atoms with Crippen LogP contribution in [-0.4, -0.2) is 55.3 Å². The van der Waals surface area contributed by atoms with Gasteiger partial charge < -0.3 is 14.4 Å². The SMILES string of the molecule is CC1CCN(C(=O)CN2C(=O)COc3ccc(C(=O)COc4cccc(C(C)C)c4)cc32)CC1. The van der Waals surface area contributed by atoms with Crippen molar-refractivity contribution in [2.75, 3.05) is 37.7 Å². The number of nitrogens with zero attached hydrogens (tertiary/aromatic N) is 2. The molecule has 2 aliphatic heterocycles. The summed E-state index contributed by atoms with van der Waals surface area (Å²) in [7, 11) is 0. The number of carbonyl (C=O) groups is 3. The molecule has 0 atom stereocenters. The number of fused-ring (bicyclic) bond motifs is 1. The number of Topliss-reactive ketones (excluding diaryl/α,β-unsaturated/α-hetero) is 1. The molecule has 7 nitrogen and oxygen atoms in total. The second kappa shape index (κ2) is 10.3. The average molecular weight is 465 g/mol. The van der Waals surface area contributed by atoms with E-state index in [4.69, 9.17) is 9.47 Å². The number of piperidine rings is 1. The molecule has 2 amide bonds. The summed E-state index contributed by atoms with van der Waals surface area (Å²) in [6.07, 6.45) is 1.94. The van der Waals surface area contributed by atoms with Gasteiger partial charge in [-0.1, -0.05) is 32.9 Å². The largest absolute Gasteiger partial charge is 0.485 e. The minimum absolute atomic E-state index is 0.0558. The quantitative estimate of drug-likeness (QED) is 0.578. The number of carbonyl (C=O) groups excluding carboxylic acids is 3. The topological polar surface area (TPSA) is 76.2 Å². The Morgan fingerprint density at radius 2 is 1.88 bits per heavy atom. The molecule has 0 spiro atoms. The highest BCUT2D eigenvalue weighted by Crippen LogP contribution is 2.33. The minimum atomic E-state index is -0.294. The van der Waals surface area contributed by atoms with Crippen molar-refractivity contribution in [1.82, 2.24) is 4.90 Å². The van der Waals surface area contributed by atoms with Gasteiger partial charge in [0.1, 0.15) is 18.0 Å². The molecule has 0 N–H and O–H groups in total. The maximum absolute atomic E-state index is 12.9. The van der Waals surface area contributed by atoms with Gasteiger partial charge in [0.05, 0.1) is 5.69 Å². The molecule has 1 saturated heterocycles. The van der Waals surface area contributed by atoms with Crippen LogP contribution in [0.2, 0.25) is 0 Å². The number of anilines is 1. The van der Waals surface area contributed by atoms with E-state index in [9.17, 15) is 14.4 Å². The van der Waals surface area contributed by atoms with Crippen LogP contribution in [0.25, 0.3) is 0 Å². The number of amides is 2. The maximum atomic E-state index is 12.9. The van der Waals surface area contributed by atoms with Crippen LogP contribution in [0, 0.1) is 5.92 Å². The second-order valence-electron chi connectivity index (χ2n) is 9.45. The van der Waals surface area contributed by atoms with E-state index in [1.165, 1.54) is 4.90 Å². The van der Waals surface area contributed by atoms with Crippen molar-refractivity contribution in [2.24, 2.45) is 5.92 Å². The van der Waals surface area contributed by atoms with Gasteiger partial charge in [0.25, 0.3) is 5.91 Å². The van der Waals surface area contributed by atoms with Crippen LogP contribution in [0.1, 0.15) is 55.5 Å². The zero-order chi connectivity index (χ0) is 24.2. The van der Waals surface area contributed by atoms with E-state index < -0.39 is 0 Å². The van der Waals surface area contributed by atoms with Gasteiger partial charge in [0.2, 0.25) is 5.91 Å². The summed E-state index contributed by atoms with van der Waals surface area (Å²) in [6, 6.07) is 12.7. The summed E-state index contributed by atoms with van der Waals surface area (Å²) >= 11 is 0. The fourth-order valence-corrected chi connectivity index (χ4v) is 4.24. The highest BCUT2D eigenvalue weighted by molar-refractivity contribution is 6.04. The normalized spacial score (nSPS) is 16.3. The Morgan fingerprint density at radius 3 is 2.62 bits per heavy atom. The molecule has 0 saturated carbocycles. The Balaban J connectivity index is 1.46. The first-order valence-corrected chi connectivity index (χ1v) is 11.9. The summed E-state index contributed by atoms with van der Waals surface area (Å²) in [5.41, 5.74) is 1.99. The van der Waals surface area contributed by atoms with Crippen LogP contribution >= 0.6 is 0 Å². The smallest absolute Gasteiger partial charge is 0.265 e. The fourth-order valence-electron chi connectivity index (χ4n) is 4.24. The molecule has 4 rings (SSSR count). The first kappa shape index (κ1) is 23.8. The molecular weight excluding hydrogens is 432 g/mol. The predicted octanol–water partition coefficient (Wildman–Crippen LogP) is 4.06. The predicted molar refractivity (Wildman–Crippen MR) is 130 cm³/mol. The lowest BCUT2D eigenvalue weighted by atomic mass is 9.99. The lowest BCUT2D eigenvalue weighted by molar-refractivity contribution is -0.133. The molecule has 2 aromatic carbocycles. The monoisotopic (exact) mass is 464 g/mol. The molecule has 2 aromatic rings. The van der Waals surface area contributed by atoms with Crippen LogP contribution in [0.3, 0.4) is 0 Å². The highest BCUT2D eigenvalue weighted by Gasteiger charge is 2.30. The van der Waals surface area contributed by atoms with Crippen LogP contribution in [0.5, 0.6) is 11.5 Å². The second-order valence-corrected chi connectivity index (χ2v) is 9.45. The standard InChI is InChI=1S/C27H32N2O5/c1-18(2)20-5-4-6-22(13-20)33-16-24(30)21-7-8-25-23(14-21)29(27(32)17-34-25)15-26(31)28-11-9-19(3)10-12-28/h4-8,13-14,18-19H,9-12,15-17H2,1-3H3. The van der Waals surface area contributed by atoms with E-state index in [-0.39, 0.29) is 37.4 Å². The summed E-state index contributed by atoms with van der Waals surface area (Å²) in [6.45, 7) is 7.50. The van der Waals surface area contributed by atoms with Crippen molar-refractivity contribution >= 4 is 23.3 Å². The van der Waals surface area contributed by atoms with Gasteiger partial charge in [-0.3, -0.25) is 19.3 Å². The molecule has 0 radical (unpaired) electrons. The van der Waals surface area contributed by atoms with Crippen molar-refractivity contribution in [3.8, 4) is 11.5 Å². The number of likely N-dealkylation sites (tertiary alicyclic amines) is 1. The van der Waals surface area contributed by atoms with E-state index in [1.54, 1.807) is 18.2 Å². The molecule has 0 unspecified atom stereocenters.